The topological polar surface area (TPSA) is 295 Å². The van der Waals surface area contributed by atoms with E-state index < -0.39 is 87.1 Å². The second-order valence-corrected chi connectivity index (χ2v) is 25.1. The summed E-state index contributed by atoms with van der Waals surface area (Å²) in [6.45, 7) is -10.4. The lowest BCUT2D eigenvalue weighted by molar-refractivity contribution is -0.0569. The summed E-state index contributed by atoms with van der Waals surface area (Å²) >= 11 is 1.43. The second kappa shape index (κ2) is 21.9. The van der Waals surface area contributed by atoms with E-state index in [1.807, 2.05) is 0 Å². The monoisotopic (exact) mass is 1100 g/mol. The van der Waals surface area contributed by atoms with Crippen molar-refractivity contribution in [1.82, 2.24) is 29.1 Å². The molecule has 4 N–H and O–H groups in total. The van der Waals surface area contributed by atoms with Crippen LogP contribution in [0, 0.1) is 0 Å². The molecule has 4 aromatic carbocycles. The first-order chi connectivity index (χ1) is 36.1. The van der Waals surface area contributed by atoms with E-state index in [4.69, 9.17) is 38.0 Å². The number of hydrogen-bond donors (Lipinski definition) is 3. The van der Waals surface area contributed by atoms with Gasteiger partial charge in [-0.1, -0.05) is 48.5 Å². The Labute approximate surface area is 431 Å². The van der Waals surface area contributed by atoms with Crippen molar-refractivity contribution < 1.29 is 65.3 Å². The summed E-state index contributed by atoms with van der Waals surface area (Å²) in [4.78, 5) is 76.8. The number of rotatable bonds is 13. The molecule has 0 radical (unpaired) electrons. The lowest BCUT2D eigenvalue weighted by Gasteiger charge is -2.28. The van der Waals surface area contributed by atoms with Gasteiger partial charge in [0.2, 0.25) is 0 Å². The van der Waals surface area contributed by atoms with Crippen LogP contribution in [0.5, 0.6) is 11.5 Å². The highest BCUT2D eigenvalue weighted by Crippen LogP contribution is 2.67. The zero-order chi connectivity index (χ0) is 52.4. The number of H-pyrrole nitrogens is 1. The first-order valence-electron chi connectivity index (χ1n) is 22.8. The van der Waals surface area contributed by atoms with Gasteiger partial charge in [-0.25, -0.2) is 38.1 Å². The van der Waals surface area contributed by atoms with Gasteiger partial charge in [0.25, 0.3) is 5.56 Å². The van der Waals surface area contributed by atoms with Gasteiger partial charge in [-0.2, -0.15) is 0 Å². The highest BCUT2D eigenvalue weighted by Gasteiger charge is 2.53. The van der Waals surface area contributed by atoms with Crippen LogP contribution >= 0.6 is 36.4 Å². The number of aromatic hydroxyl groups is 1. The molecule has 27 heteroatoms. The number of hydrogen-bond acceptors (Lipinski definition) is 21. The number of aldehydes is 1. The van der Waals surface area contributed by atoms with Crippen LogP contribution in [0.15, 0.2) is 132 Å². The summed E-state index contributed by atoms with van der Waals surface area (Å²) in [5, 5.41) is 9.68. The maximum Gasteiger partial charge on any atom is 0.390 e. The first-order valence-corrected chi connectivity index (χ1v) is 29.0. The largest absolute Gasteiger partial charge is 0.508 e. The molecule has 3 saturated heterocycles. The van der Waals surface area contributed by atoms with E-state index in [2.05, 4.69) is 19.9 Å². The number of nitrogen functional groups attached to an aromatic ring is 1. The standard InChI is InChI=1S/C48H42FN7O15P2S2/c49-40-37-22-66-72(63,74-24-29-5-15-34(16-6-29)67-47(61)32-9-1-27(20-57)2-10-32)70-35-19-39(55-18-17-38(59)54-48(55)62)68-36(35)21-65-73(64,71-43(40)46(69-37)56-26-53-41-44(50)51-25-52-45(41)56)75-23-28-3-7-30(8-4-28)42(60)31-11-13-33(58)14-12-31/h1-18,20,25-26,35-37,39-40,43,46,58H,19,21-24H2,(H2,50,51,52)(H,54,59,62)/t35-,36+,37+,39+,40+,43+,46+,72?,73?/m0/s1. The number of nitrogens with zero attached hydrogens (tertiary/aromatic N) is 5. The van der Waals surface area contributed by atoms with Crippen molar-refractivity contribution in [1.29, 1.82) is 0 Å². The van der Waals surface area contributed by atoms with Gasteiger partial charge in [-0.3, -0.25) is 46.6 Å². The molecule has 6 heterocycles. The van der Waals surface area contributed by atoms with E-state index in [0.29, 0.717) is 45.5 Å². The second-order valence-electron chi connectivity index (χ2n) is 17.1. The van der Waals surface area contributed by atoms with E-state index in [0.717, 1.165) is 22.0 Å². The van der Waals surface area contributed by atoms with Crippen LogP contribution in [0.3, 0.4) is 0 Å². The Morgan fingerprint density at radius 1 is 0.787 bits per heavy atom. The smallest absolute Gasteiger partial charge is 0.390 e. The SMILES string of the molecule is Nc1ncnc2c1ncn2[C@@H]1O[C@@H]2COP(=O)(SCc3ccc(OC(=O)c4ccc(C=O)cc4)cc3)O[C@H]3C[C@H](n4ccc(=O)[nH]c4=O)O[C@@H]3COP(=O)(SCc3ccc(C(=O)c4ccc(O)cc4)cc3)O[C@@H]1[C@@H]2F. The Kier molecular flexibility index (Phi) is 15.1. The maximum atomic E-state index is 17.2. The lowest BCUT2D eigenvalue weighted by Crippen LogP contribution is -2.32. The molecule has 75 heavy (non-hydrogen) atoms. The van der Waals surface area contributed by atoms with Gasteiger partial charge in [0.15, 0.2) is 29.6 Å². The highest BCUT2D eigenvalue weighted by atomic mass is 32.7. The Balaban J connectivity index is 0.945. The third-order valence-electron chi connectivity index (χ3n) is 12.1. The van der Waals surface area contributed by atoms with Crippen molar-refractivity contribution in [2.75, 3.05) is 18.9 Å². The fraction of sp³-hybridized carbons (Fsp3) is 0.250. The molecule has 3 aromatic heterocycles. The summed E-state index contributed by atoms with van der Waals surface area (Å²) in [7, 11) is 0. The first kappa shape index (κ1) is 51.8. The molecule has 0 spiro atoms. The summed E-state index contributed by atoms with van der Waals surface area (Å²) in [6.07, 6.45) is -6.37. The van der Waals surface area contributed by atoms with Crippen LogP contribution in [-0.4, -0.2) is 96.0 Å². The third-order valence-corrected chi connectivity index (χ3v) is 19.5. The Morgan fingerprint density at radius 3 is 2.08 bits per heavy atom. The number of aromatic amines is 1. The van der Waals surface area contributed by atoms with Gasteiger partial charge in [0.1, 0.15) is 60.3 Å². The number of benzene rings is 4. The molecule has 0 amide bonds. The minimum absolute atomic E-state index is 0.00204. The Bertz CT molecular complexity index is 3480. The molecule has 0 aliphatic carbocycles. The summed E-state index contributed by atoms with van der Waals surface area (Å²) in [5.41, 5.74) is 7.28. The number of phenolic OH excluding ortho intramolecular Hbond substituents is 1. The number of fused-ring (bicyclic) bond motifs is 4. The number of nitrogens with two attached hydrogens (primary N) is 1. The number of anilines is 1. The van der Waals surface area contributed by atoms with Crippen molar-refractivity contribution in [3.05, 3.63) is 176 Å². The van der Waals surface area contributed by atoms with E-state index >= 15 is 13.5 Å². The normalized spacial score (nSPS) is 25.9. The molecule has 9 atom stereocenters. The van der Waals surface area contributed by atoms with Gasteiger partial charge >= 0.3 is 25.3 Å². The van der Waals surface area contributed by atoms with Crippen LogP contribution in [0.25, 0.3) is 11.2 Å². The fourth-order valence-electron chi connectivity index (χ4n) is 8.21. The number of nitrogens with one attached hydrogen (secondary N) is 1. The van der Waals surface area contributed by atoms with Crippen LogP contribution < -0.4 is 21.7 Å². The molecule has 7 aromatic rings. The van der Waals surface area contributed by atoms with Crippen molar-refractivity contribution in [2.24, 2.45) is 0 Å². The van der Waals surface area contributed by atoms with Gasteiger partial charge in [-0.15, -0.1) is 0 Å². The van der Waals surface area contributed by atoms with Crippen molar-refractivity contribution in [3.8, 4) is 11.5 Å². The van der Waals surface area contributed by atoms with Crippen molar-refractivity contribution in [3.63, 3.8) is 0 Å². The quantitative estimate of drug-likeness (QED) is 0.0334. The average Bonchev–Trinajstić information content (AvgIpc) is 4.12. The molecule has 10 rings (SSSR count). The number of alkyl halides is 1. The molecule has 3 aliphatic rings. The van der Waals surface area contributed by atoms with E-state index in [1.54, 1.807) is 36.4 Å². The highest BCUT2D eigenvalue weighted by molar-refractivity contribution is 8.55. The van der Waals surface area contributed by atoms with Gasteiger partial charge < -0.3 is 25.1 Å². The van der Waals surface area contributed by atoms with Gasteiger partial charge in [0.05, 0.1) is 25.1 Å². The summed E-state index contributed by atoms with van der Waals surface area (Å²) in [6, 6.07) is 25.4. The zero-order valence-electron chi connectivity index (χ0n) is 38.8. The predicted molar refractivity (Wildman–Crippen MR) is 269 cm³/mol. The number of halogens is 1. The third kappa shape index (κ3) is 11.6. The number of imidazole rings is 1. The average molecular weight is 1100 g/mol. The number of aromatic nitrogens is 6. The molecule has 3 aliphatic heterocycles. The maximum absolute atomic E-state index is 17.2. The predicted octanol–water partition coefficient (Wildman–Crippen LogP) is 7.35. The number of esters is 1. The minimum atomic E-state index is -4.59. The van der Waals surface area contributed by atoms with E-state index in [1.165, 1.54) is 84.1 Å². The van der Waals surface area contributed by atoms with Crippen LogP contribution in [0.1, 0.15) is 66.6 Å². The van der Waals surface area contributed by atoms with E-state index in [-0.39, 0.29) is 57.8 Å². The molecule has 22 nitrogen and oxygen atoms in total. The van der Waals surface area contributed by atoms with Crippen LogP contribution in [-0.2, 0) is 48.2 Å². The number of carbonyl (C=O) groups is 3. The molecule has 388 valence electrons. The molecule has 2 unspecified atom stereocenters. The molecular weight excluding hydrogens is 1060 g/mol. The van der Waals surface area contributed by atoms with Crippen LogP contribution in [0.4, 0.5) is 10.2 Å². The Morgan fingerprint density at radius 2 is 1.41 bits per heavy atom. The lowest BCUT2D eigenvalue weighted by atomic mass is 10.0. The van der Waals surface area contributed by atoms with Crippen molar-refractivity contribution >= 4 is 71.4 Å². The summed E-state index contributed by atoms with van der Waals surface area (Å²) < 4.78 is 93.0. The Hall–Kier alpha value is -6.63. The molecular formula is C48H42FN7O15P2S2. The zero-order valence-corrected chi connectivity index (χ0v) is 42.2. The number of carbonyl (C=O) groups excluding carboxylic acids is 3. The van der Waals surface area contributed by atoms with Crippen molar-refractivity contribution in [2.45, 2.75) is 61.0 Å². The number of ketones is 1. The number of ether oxygens (including phenoxy) is 3. The number of phenols is 1. The molecule has 2 bridgehead atoms. The fourth-order valence-corrected chi connectivity index (χ4v) is 15.0. The molecule has 3 fully saturated rings. The van der Waals surface area contributed by atoms with Gasteiger partial charge in [-0.05, 0) is 82.4 Å². The van der Waals surface area contributed by atoms with Gasteiger partial charge in [0, 0.05) is 46.9 Å². The molecule has 0 saturated carbocycles. The van der Waals surface area contributed by atoms with E-state index in [9.17, 15) is 29.1 Å². The van der Waals surface area contributed by atoms with Crippen LogP contribution in [0.2, 0.25) is 0 Å². The minimum Gasteiger partial charge on any atom is -0.508 e. The summed E-state index contributed by atoms with van der Waals surface area (Å²) in [5.74, 6) is -0.866.